The van der Waals surface area contributed by atoms with E-state index in [0.29, 0.717) is 15.9 Å². The Morgan fingerprint density at radius 2 is 1.81 bits per heavy atom. The van der Waals surface area contributed by atoms with E-state index >= 15 is 0 Å². The van der Waals surface area contributed by atoms with E-state index in [1.165, 1.54) is 30.6 Å². The molecule has 0 saturated heterocycles. The second-order valence-electron chi connectivity index (χ2n) is 6.05. The van der Waals surface area contributed by atoms with Crippen LogP contribution in [-0.2, 0) is 9.30 Å². The average molecular weight is 402 g/mol. The Morgan fingerprint density at radius 3 is 2.44 bits per heavy atom. The number of anilines is 1. The van der Waals surface area contributed by atoms with Crippen LogP contribution in [0.4, 0.5) is 10.1 Å². The van der Waals surface area contributed by atoms with E-state index < -0.39 is 13.9 Å². The van der Waals surface area contributed by atoms with Crippen LogP contribution in [0, 0.1) is 19.7 Å². The number of methoxy groups -OCH3 is 1. The van der Waals surface area contributed by atoms with Gasteiger partial charge in [0.15, 0.2) is 0 Å². The van der Waals surface area contributed by atoms with Crippen molar-refractivity contribution in [3.05, 3.63) is 70.4 Å². The van der Waals surface area contributed by atoms with E-state index in [9.17, 15) is 13.8 Å². The summed E-state index contributed by atoms with van der Waals surface area (Å²) in [7, 11) is -0.654. The summed E-state index contributed by atoms with van der Waals surface area (Å²) in [6.45, 7) is 3.87. The summed E-state index contributed by atoms with van der Waals surface area (Å²) in [4.78, 5) is 13.2. The summed E-state index contributed by atoms with van der Waals surface area (Å²) in [5.41, 5.74) is 3.20. The van der Waals surface area contributed by atoms with Gasteiger partial charge in [0.25, 0.3) is 0 Å². The first-order valence-electron chi connectivity index (χ1n) is 8.18. The van der Waals surface area contributed by atoms with Crippen LogP contribution in [-0.4, -0.2) is 13.1 Å². The van der Waals surface area contributed by atoms with Crippen LogP contribution in [0.25, 0.3) is 10.4 Å². The topological polar surface area (TPSA) is 55.4 Å². The number of esters is 1. The van der Waals surface area contributed by atoms with Crippen molar-refractivity contribution in [2.45, 2.75) is 13.8 Å². The maximum Gasteiger partial charge on any atom is 0.499 e. The maximum atomic E-state index is 13.2. The third-order valence-electron chi connectivity index (χ3n) is 4.02. The van der Waals surface area contributed by atoms with Gasteiger partial charge in [0.05, 0.1) is 7.11 Å². The number of halogens is 1. The van der Waals surface area contributed by atoms with E-state index in [4.69, 9.17) is 4.74 Å². The van der Waals surface area contributed by atoms with Crippen LogP contribution >= 0.6 is 19.3 Å². The number of thiophene rings is 1. The van der Waals surface area contributed by atoms with Crippen molar-refractivity contribution >= 4 is 36.2 Å². The molecule has 1 aromatic heterocycles. The molecule has 0 amide bonds. The number of rotatable bonds is 5. The van der Waals surface area contributed by atoms with Gasteiger partial charge in [0, 0.05) is 10.4 Å². The van der Waals surface area contributed by atoms with Gasteiger partial charge in [-0.05, 0) is 48.2 Å². The fourth-order valence-electron chi connectivity index (χ4n) is 2.68. The number of carbonyl (C=O) groups excluding carboxylic acids is 1. The molecule has 0 bridgehead atoms. The standard InChI is InChI=1S/C20H17FNO3PS/c1-12-4-9-17(13(2)10-12)26(24)22-16-11-18(27-19(16)20(23)25-3)14-5-7-15(21)8-6-14/h4-11H,1-3H3/p+1. The van der Waals surface area contributed by atoms with E-state index in [1.807, 2.05) is 32.0 Å². The molecule has 1 unspecified atom stereocenters. The monoisotopic (exact) mass is 402 g/mol. The zero-order valence-corrected chi connectivity index (χ0v) is 16.8. The molecule has 7 heteroatoms. The minimum absolute atomic E-state index is 0.324. The number of ether oxygens (including phenoxy) is 1. The molecule has 0 fully saturated rings. The highest BCUT2D eigenvalue weighted by atomic mass is 32.1. The Hall–Kier alpha value is -2.56. The van der Waals surface area contributed by atoms with Crippen LogP contribution in [0.3, 0.4) is 0 Å². The van der Waals surface area contributed by atoms with E-state index in [2.05, 4.69) is 5.09 Å². The molecule has 0 aliphatic carbocycles. The molecule has 4 nitrogen and oxygen atoms in total. The van der Waals surface area contributed by atoms with Gasteiger partial charge < -0.3 is 4.74 Å². The minimum Gasteiger partial charge on any atom is -0.465 e. The third-order valence-corrected chi connectivity index (χ3v) is 6.57. The normalized spacial score (nSPS) is 11.2. The number of hydrogen-bond acceptors (Lipinski definition) is 4. The van der Waals surface area contributed by atoms with Gasteiger partial charge in [-0.3, -0.25) is 0 Å². The van der Waals surface area contributed by atoms with E-state index in [1.54, 1.807) is 18.2 Å². The summed E-state index contributed by atoms with van der Waals surface area (Å²) in [5, 5.41) is 3.63. The van der Waals surface area contributed by atoms with Crippen LogP contribution in [0.5, 0.6) is 0 Å². The summed E-state index contributed by atoms with van der Waals surface area (Å²) in [6.07, 6.45) is 0. The lowest BCUT2D eigenvalue weighted by Gasteiger charge is -2.00. The molecule has 0 aliphatic heterocycles. The maximum absolute atomic E-state index is 13.2. The highest BCUT2D eigenvalue weighted by molar-refractivity contribution is 7.55. The lowest BCUT2D eigenvalue weighted by atomic mass is 10.2. The van der Waals surface area contributed by atoms with Crippen molar-refractivity contribution in [1.82, 2.24) is 0 Å². The summed E-state index contributed by atoms with van der Waals surface area (Å²) in [6, 6.07) is 13.4. The molecule has 1 atom stereocenters. The van der Waals surface area contributed by atoms with Crippen molar-refractivity contribution < 1.29 is 18.5 Å². The zero-order valence-electron chi connectivity index (χ0n) is 15.1. The predicted molar refractivity (Wildman–Crippen MR) is 108 cm³/mol. The third kappa shape index (κ3) is 4.24. The number of carbonyl (C=O) groups is 1. The molecular formula is C20H18FNO3PS+. The van der Waals surface area contributed by atoms with Gasteiger partial charge in [0.2, 0.25) is 5.30 Å². The Bertz CT molecular complexity index is 1010. The lowest BCUT2D eigenvalue weighted by molar-refractivity contribution is 0.0607. The molecule has 27 heavy (non-hydrogen) atoms. The van der Waals surface area contributed by atoms with E-state index in [-0.39, 0.29) is 5.82 Å². The Labute approximate surface area is 161 Å². The molecule has 3 rings (SSSR count). The minimum atomic E-state index is -1.95. The Balaban J connectivity index is 1.97. The first-order valence-corrected chi connectivity index (χ1v) is 10.3. The van der Waals surface area contributed by atoms with Crippen molar-refractivity contribution in [2.24, 2.45) is 0 Å². The largest absolute Gasteiger partial charge is 0.499 e. The summed E-state index contributed by atoms with van der Waals surface area (Å²) >= 11 is 1.21. The first kappa shape index (κ1) is 19.2. The fourth-order valence-corrected chi connectivity index (χ4v) is 4.90. The highest BCUT2D eigenvalue weighted by Crippen LogP contribution is 2.38. The number of nitrogens with one attached hydrogen (secondary N) is 1. The Morgan fingerprint density at radius 1 is 1.11 bits per heavy atom. The molecule has 0 radical (unpaired) electrons. The van der Waals surface area contributed by atoms with Gasteiger partial charge in [-0.25, -0.2) is 9.18 Å². The van der Waals surface area contributed by atoms with Gasteiger partial charge in [-0.1, -0.05) is 29.8 Å². The molecule has 1 heterocycles. The van der Waals surface area contributed by atoms with Gasteiger partial charge in [0.1, 0.15) is 16.4 Å². The second-order valence-corrected chi connectivity index (χ2v) is 8.39. The first-order chi connectivity index (χ1) is 12.9. The smallest absolute Gasteiger partial charge is 0.465 e. The molecular weight excluding hydrogens is 384 g/mol. The molecule has 1 N–H and O–H groups in total. The van der Waals surface area contributed by atoms with E-state index in [0.717, 1.165) is 21.6 Å². The van der Waals surface area contributed by atoms with Crippen molar-refractivity contribution in [2.75, 3.05) is 12.2 Å². The van der Waals surface area contributed by atoms with Gasteiger partial charge in [-0.15, -0.1) is 11.3 Å². The van der Waals surface area contributed by atoms with Crippen LogP contribution < -0.4 is 10.4 Å². The molecule has 0 aliphatic rings. The second kappa shape index (κ2) is 7.99. The van der Waals surface area contributed by atoms with Crippen molar-refractivity contribution in [1.29, 1.82) is 0 Å². The van der Waals surface area contributed by atoms with Gasteiger partial charge in [-0.2, -0.15) is 5.09 Å². The van der Waals surface area contributed by atoms with Crippen LogP contribution in [0.2, 0.25) is 0 Å². The van der Waals surface area contributed by atoms with Crippen molar-refractivity contribution in [3.8, 4) is 10.4 Å². The quantitative estimate of drug-likeness (QED) is 0.456. The van der Waals surface area contributed by atoms with Crippen LogP contribution in [0.1, 0.15) is 20.8 Å². The molecule has 0 saturated carbocycles. The average Bonchev–Trinajstić information content (AvgIpc) is 3.05. The lowest BCUT2D eigenvalue weighted by Crippen LogP contribution is -2.08. The Kier molecular flexibility index (Phi) is 5.68. The summed E-state index contributed by atoms with van der Waals surface area (Å²) < 4.78 is 30.9. The van der Waals surface area contributed by atoms with Crippen LogP contribution in [0.15, 0.2) is 48.5 Å². The predicted octanol–water partition coefficient (Wildman–Crippen LogP) is 5.44. The molecule has 2 aromatic carbocycles. The number of aryl methyl sites for hydroxylation is 2. The fraction of sp³-hybridized carbons (Fsp3) is 0.150. The SMILES string of the molecule is COC(=O)c1sc(-c2ccc(F)cc2)cc1N[P+](=O)c1ccc(C)cc1C. The zero-order chi connectivity index (χ0) is 19.6. The molecule has 138 valence electrons. The van der Waals surface area contributed by atoms with Crippen molar-refractivity contribution in [3.63, 3.8) is 0 Å². The molecule has 0 spiro atoms. The number of hydrogen-bond donors (Lipinski definition) is 1. The molecule has 3 aromatic rings. The highest BCUT2D eigenvalue weighted by Gasteiger charge is 2.28. The summed E-state index contributed by atoms with van der Waals surface area (Å²) in [5.74, 6) is -0.848. The van der Waals surface area contributed by atoms with Gasteiger partial charge >= 0.3 is 13.9 Å². The number of benzene rings is 2.